The second-order valence-electron chi connectivity index (χ2n) is 6.06. The second kappa shape index (κ2) is 6.59. The Bertz CT molecular complexity index is 474. The van der Waals surface area contributed by atoms with Gasteiger partial charge in [-0.2, -0.15) is 0 Å². The third-order valence-electron chi connectivity index (χ3n) is 4.73. The lowest BCUT2D eigenvalue weighted by Gasteiger charge is -2.38. The van der Waals surface area contributed by atoms with E-state index in [9.17, 15) is 8.78 Å². The van der Waals surface area contributed by atoms with E-state index in [-0.39, 0.29) is 16.6 Å². The molecule has 1 atom stereocenters. The largest absolute Gasteiger partial charge is 0.314 e. The van der Waals surface area contributed by atoms with Crippen LogP contribution in [-0.2, 0) is 0 Å². The van der Waals surface area contributed by atoms with Gasteiger partial charge in [0.15, 0.2) is 0 Å². The average Bonchev–Trinajstić information content (AvgIpc) is 2.97. The van der Waals surface area contributed by atoms with E-state index in [0.717, 1.165) is 51.9 Å². The van der Waals surface area contributed by atoms with Gasteiger partial charge in [0.05, 0.1) is 0 Å². The van der Waals surface area contributed by atoms with E-state index in [1.807, 2.05) is 0 Å². The van der Waals surface area contributed by atoms with Crippen molar-refractivity contribution in [3.8, 4) is 0 Å². The van der Waals surface area contributed by atoms with E-state index in [4.69, 9.17) is 11.6 Å². The highest BCUT2D eigenvalue weighted by molar-refractivity contribution is 6.30. The summed E-state index contributed by atoms with van der Waals surface area (Å²) in [5.41, 5.74) is 0.216. The highest BCUT2D eigenvalue weighted by Crippen LogP contribution is 2.41. The van der Waals surface area contributed by atoms with Crippen LogP contribution >= 0.6 is 11.6 Å². The predicted molar refractivity (Wildman–Crippen MR) is 80.5 cm³/mol. The molecule has 1 aromatic carbocycles. The van der Waals surface area contributed by atoms with Gasteiger partial charge in [-0.25, -0.2) is 8.78 Å². The molecule has 0 unspecified atom stereocenters. The SMILES string of the molecule is Fc1cc(Cl)cc(F)c1[C@H](C1CCCC1)N1CCNCC1. The number of nitrogens with zero attached hydrogens (tertiary/aromatic N) is 1. The van der Waals surface area contributed by atoms with Crippen LogP contribution in [0.5, 0.6) is 0 Å². The Balaban J connectivity index is 1.97. The maximum absolute atomic E-state index is 14.4. The lowest BCUT2D eigenvalue weighted by atomic mass is 9.89. The Labute approximate surface area is 129 Å². The van der Waals surface area contributed by atoms with Gasteiger partial charge in [-0.15, -0.1) is 0 Å². The average molecular weight is 315 g/mol. The van der Waals surface area contributed by atoms with Crippen molar-refractivity contribution in [2.24, 2.45) is 5.92 Å². The minimum absolute atomic E-state index is 0.124. The first-order valence-corrected chi connectivity index (χ1v) is 8.14. The molecule has 0 spiro atoms. The summed E-state index contributed by atoms with van der Waals surface area (Å²) < 4.78 is 28.8. The van der Waals surface area contributed by atoms with Crippen LogP contribution < -0.4 is 5.32 Å². The zero-order valence-corrected chi connectivity index (χ0v) is 12.8. The standard InChI is InChI=1S/C16H21ClF2N2/c17-12-9-13(18)15(14(19)10-12)16(11-3-1-2-4-11)21-7-5-20-6-8-21/h9-11,16,20H,1-8H2/t16-/m0/s1. The first-order valence-electron chi connectivity index (χ1n) is 7.76. The number of piperazine rings is 1. The van der Waals surface area contributed by atoms with Crippen molar-refractivity contribution in [2.45, 2.75) is 31.7 Å². The summed E-state index contributed by atoms with van der Waals surface area (Å²) in [5, 5.41) is 3.42. The minimum atomic E-state index is -0.504. The molecule has 116 valence electrons. The summed E-state index contributed by atoms with van der Waals surface area (Å²) in [6.45, 7) is 3.42. The van der Waals surface area contributed by atoms with E-state index in [1.54, 1.807) is 0 Å². The molecule has 1 N–H and O–H groups in total. The van der Waals surface area contributed by atoms with Crippen molar-refractivity contribution in [3.63, 3.8) is 0 Å². The number of benzene rings is 1. The van der Waals surface area contributed by atoms with Crippen LogP contribution in [0.1, 0.15) is 37.3 Å². The highest BCUT2D eigenvalue weighted by Gasteiger charge is 2.35. The molecule has 1 heterocycles. The van der Waals surface area contributed by atoms with Gasteiger partial charge in [-0.1, -0.05) is 24.4 Å². The maximum Gasteiger partial charge on any atom is 0.132 e. The zero-order valence-electron chi connectivity index (χ0n) is 12.0. The Morgan fingerprint density at radius 1 is 1.10 bits per heavy atom. The summed E-state index contributed by atoms with van der Waals surface area (Å²) in [5.74, 6) is -0.667. The van der Waals surface area contributed by atoms with Gasteiger partial charge in [0.25, 0.3) is 0 Å². The fourth-order valence-electron chi connectivity index (χ4n) is 3.79. The molecule has 21 heavy (non-hydrogen) atoms. The molecular weight excluding hydrogens is 294 g/mol. The summed E-state index contributed by atoms with van der Waals surface area (Å²) in [6, 6.07) is 2.32. The maximum atomic E-state index is 14.4. The fraction of sp³-hybridized carbons (Fsp3) is 0.625. The van der Waals surface area contributed by atoms with Crippen LogP contribution in [0.3, 0.4) is 0 Å². The van der Waals surface area contributed by atoms with E-state index in [1.165, 1.54) is 12.1 Å². The molecule has 0 aromatic heterocycles. The molecule has 1 aromatic rings. The van der Waals surface area contributed by atoms with Gasteiger partial charge in [0.1, 0.15) is 11.6 Å². The van der Waals surface area contributed by atoms with Crippen molar-refractivity contribution < 1.29 is 8.78 Å². The quantitative estimate of drug-likeness (QED) is 0.914. The van der Waals surface area contributed by atoms with Gasteiger partial charge >= 0.3 is 0 Å². The van der Waals surface area contributed by atoms with Crippen LogP contribution in [0.15, 0.2) is 12.1 Å². The summed E-state index contributed by atoms with van der Waals surface area (Å²) in [7, 11) is 0. The normalized spacial score (nSPS) is 22.6. The number of hydrogen-bond donors (Lipinski definition) is 1. The molecule has 1 saturated carbocycles. The first-order chi connectivity index (χ1) is 10.2. The molecule has 0 bridgehead atoms. The molecule has 1 aliphatic carbocycles. The lowest BCUT2D eigenvalue weighted by molar-refractivity contribution is 0.119. The molecule has 0 radical (unpaired) electrons. The van der Waals surface area contributed by atoms with Crippen molar-refractivity contribution >= 4 is 11.6 Å². The highest BCUT2D eigenvalue weighted by atomic mass is 35.5. The van der Waals surface area contributed by atoms with Crippen LogP contribution in [0, 0.1) is 17.6 Å². The molecule has 0 amide bonds. The van der Waals surface area contributed by atoms with Crippen LogP contribution in [-0.4, -0.2) is 31.1 Å². The molecule has 2 nitrogen and oxygen atoms in total. The van der Waals surface area contributed by atoms with Gasteiger partial charge in [-0.05, 0) is 30.9 Å². The number of halogens is 3. The fourth-order valence-corrected chi connectivity index (χ4v) is 3.98. The second-order valence-corrected chi connectivity index (χ2v) is 6.49. The van der Waals surface area contributed by atoms with E-state index < -0.39 is 11.6 Å². The Morgan fingerprint density at radius 2 is 1.67 bits per heavy atom. The topological polar surface area (TPSA) is 15.3 Å². The van der Waals surface area contributed by atoms with E-state index >= 15 is 0 Å². The van der Waals surface area contributed by atoms with Crippen LogP contribution in [0.2, 0.25) is 5.02 Å². The van der Waals surface area contributed by atoms with Crippen LogP contribution in [0.4, 0.5) is 8.78 Å². The predicted octanol–water partition coefficient (Wildman–Crippen LogP) is 3.75. The Hall–Kier alpha value is -0.710. The van der Waals surface area contributed by atoms with Crippen LogP contribution in [0.25, 0.3) is 0 Å². The molecule has 3 rings (SSSR count). The lowest BCUT2D eigenvalue weighted by Crippen LogP contribution is -2.47. The molecule has 5 heteroatoms. The molecule has 1 aliphatic heterocycles. The van der Waals surface area contributed by atoms with Gasteiger partial charge < -0.3 is 5.32 Å². The number of rotatable bonds is 3. The molecular formula is C16H21ClF2N2. The third kappa shape index (κ3) is 3.22. The summed E-state index contributed by atoms with van der Waals surface area (Å²) in [4.78, 5) is 2.24. The summed E-state index contributed by atoms with van der Waals surface area (Å²) in [6.07, 6.45) is 4.42. The number of nitrogens with one attached hydrogen (secondary N) is 1. The monoisotopic (exact) mass is 314 g/mol. The van der Waals surface area contributed by atoms with Crippen molar-refractivity contribution in [3.05, 3.63) is 34.4 Å². The smallest absolute Gasteiger partial charge is 0.132 e. The number of hydrogen-bond acceptors (Lipinski definition) is 2. The zero-order chi connectivity index (χ0) is 14.8. The molecule has 2 fully saturated rings. The van der Waals surface area contributed by atoms with E-state index in [0.29, 0.717) is 5.92 Å². The minimum Gasteiger partial charge on any atom is -0.314 e. The van der Waals surface area contributed by atoms with Gasteiger partial charge in [0.2, 0.25) is 0 Å². The first kappa shape index (κ1) is 15.2. The molecule has 2 aliphatic rings. The van der Waals surface area contributed by atoms with Gasteiger partial charge in [0, 0.05) is 42.8 Å². The van der Waals surface area contributed by atoms with Crippen molar-refractivity contribution in [1.82, 2.24) is 10.2 Å². The molecule has 1 saturated heterocycles. The van der Waals surface area contributed by atoms with Crippen molar-refractivity contribution in [1.29, 1.82) is 0 Å². The Kier molecular flexibility index (Phi) is 4.77. The third-order valence-corrected chi connectivity index (χ3v) is 4.95. The Morgan fingerprint density at radius 3 is 2.24 bits per heavy atom. The summed E-state index contributed by atoms with van der Waals surface area (Å²) >= 11 is 5.77. The van der Waals surface area contributed by atoms with E-state index in [2.05, 4.69) is 10.2 Å². The van der Waals surface area contributed by atoms with Crippen molar-refractivity contribution in [2.75, 3.05) is 26.2 Å². The van der Waals surface area contributed by atoms with Gasteiger partial charge in [-0.3, -0.25) is 4.90 Å².